The summed E-state index contributed by atoms with van der Waals surface area (Å²) in [6, 6.07) is 11.5. The van der Waals surface area contributed by atoms with E-state index in [4.69, 9.17) is 37.4 Å². The maximum atomic E-state index is 6.53. The normalized spacial score (nSPS) is 14.6. The molecule has 0 amide bonds. The summed E-state index contributed by atoms with van der Waals surface area (Å²) in [6.07, 6.45) is 1.10. The van der Waals surface area contributed by atoms with E-state index in [2.05, 4.69) is 10.2 Å². The van der Waals surface area contributed by atoms with Crippen molar-refractivity contribution in [2.75, 3.05) is 46.0 Å². The second-order valence-corrected chi connectivity index (χ2v) is 8.02. The van der Waals surface area contributed by atoms with E-state index in [-0.39, 0.29) is 0 Å². The lowest BCUT2D eigenvalue weighted by Gasteiger charge is -2.26. The molecule has 1 heterocycles. The quantitative estimate of drug-likeness (QED) is 0.496. The third-order valence-electron chi connectivity index (χ3n) is 4.96. The maximum Gasteiger partial charge on any atom is 0.180 e. The first-order valence-electron chi connectivity index (χ1n) is 10.5. The molecule has 5 nitrogen and oxygen atoms in total. The summed E-state index contributed by atoms with van der Waals surface area (Å²) in [5.41, 5.74) is 1.98. The van der Waals surface area contributed by atoms with E-state index in [1.54, 1.807) is 0 Å². The second kappa shape index (κ2) is 12.4. The van der Waals surface area contributed by atoms with Crippen molar-refractivity contribution in [1.29, 1.82) is 0 Å². The van der Waals surface area contributed by atoms with Gasteiger partial charge in [-0.1, -0.05) is 41.4 Å². The molecule has 3 rings (SSSR count). The molecule has 0 spiro atoms. The van der Waals surface area contributed by atoms with Crippen molar-refractivity contribution in [3.63, 3.8) is 0 Å². The van der Waals surface area contributed by atoms with Gasteiger partial charge in [0.25, 0.3) is 0 Å². The smallest absolute Gasteiger partial charge is 0.180 e. The summed E-state index contributed by atoms with van der Waals surface area (Å²) in [5.74, 6) is 1.21. The number of morpholine rings is 1. The molecule has 1 fully saturated rings. The zero-order chi connectivity index (χ0) is 21.2. The van der Waals surface area contributed by atoms with E-state index >= 15 is 0 Å². The zero-order valence-electron chi connectivity index (χ0n) is 17.5. The Morgan fingerprint density at radius 2 is 1.87 bits per heavy atom. The number of benzene rings is 2. The lowest BCUT2D eigenvalue weighted by atomic mass is 10.2. The standard InChI is InChI=1S/C23H30Cl2N2O3/c1-2-29-22-15-18(16-26-8-5-9-27-10-12-28-13-11-27)14-21(25)23(22)30-17-19-6-3-4-7-20(19)24/h3-4,6-7,14-15,26H,2,5,8-13,16-17H2,1H3. The number of halogens is 2. The molecular weight excluding hydrogens is 423 g/mol. The molecule has 2 aromatic rings. The van der Waals surface area contributed by atoms with Gasteiger partial charge >= 0.3 is 0 Å². The minimum absolute atomic E-state index is 0.332. The highest BCUT2D eigenvalue weighted by molar-refractivity contribution is 6.32. The predicted molar refractivity (Wildman–Crippen MR) is 122 cm³/mol. The first-order chi connectivity index (χ1) is 14.7. The van der Waals surface area contributed by atoms with Gasteiger partial charge in [-0.05, 0) is 50.2 Å². The van der Waals surface area contributed by atoms with Crippen LogP contribution in [0.25, 0.3) is 0 Å². The fourth-order valence-electron chi connectivity index (χ4n) is 3.38. The molecule has 0 unspecified atom stereocenters. The summed E-state index contributed by atoms with van der Waals surface area (Å²) in [5, 5.41) is 4.70. The lowest BCUT2D eigenvalue weighted by molar-refractivity contribution is 0.0374. The van der Waals surface area contributed by atoms with Crippen molar-refractivity contribution in [1.82, 2.24) is 10.2 Å². The van der Waals surface area contributed by atoms with Crippen molar-refractivity contribution in [3.05, 3.63) is 57.6 Å². The molecule has 0 bridgehead atoms. The van der Waals surface area contributed by atoms with Gasteiger partial charge in [0.15, 0.2) is 11.5 Å². The SMILES string of the molecule is CCOc1cc(CNCCCN2CCOCC2)cc(Cl)c1OCc1ccccc1Cl. The first-order valence-corrected chi connectivity index (χ1v) is 11.2. The zero-order valence-corrected chi connectivity index (χ0v) is 19.0. The molecule has 7 heteroatoms. The number of hydrogen-bond acceptors (Lipinski definition) is 5. The molecule has 0 saturated carbocycles. The molecule has 1 aliphatic heterocycles. The van der Waals surface area contributed by atoms with Gasteiger partial charge in [-0.2, -0.15) is 0 Å². The van der Waals surface area contributed by atoms with Crippen LogP contribution in [-0.4, -0.2) is 50.9 Å². The molecule has 1 saturated heterocycles. The van der Waals surface area contributed by atoms with Gasteiger partial charge in [-0.15, -0.1) is 0 Å². The Hall–Kier alpha value is -1.50. The Labute approximate surface area is 189 Å². The topological polar surface area (TPSA) is 43.0 Å². The van der Waals surface area contributed by atoms with E-state index in [0.717, 1.165) is 63.5 Å². The van der Waals surface area contributed by atoms with Crippen LogP contribution >= 0.6 is 23.2 Å². The summed E-state index contributed by atoms with van der Waals surface area (Å²) >= 11 is 12.8. The van der Waals surface area contributed by atoms with Crippen LogP contribution in [0.3, 0.4) is 0 Å². The molecule has 1 aliphatic rings. The van der Waals surface area contributed by atoms with E-state index in [1.165, 1.54) is 0 Å². The average molecular weight is 453 g/mol. The van der Waals surface area contributed by atoms with Gasteiger partial charge < -0.3 is 19.5 Å². The van der Waals surface area contributed by atoms with Crippen molar-refractivity contribution in [3.8, 4) is 11.5 Å². The molecule has 1 N–H and O–H groups in total. The summed E-state index contributed by atoms with van der Waals surface area (Å²) in [4.78, 5) is 2.44. The maximum absolute atomic E-state index is 6.53. The van der Waals surface area contributed by atoms with Crippen LogP contribution in [0.5, 0.6) is 11.5 Å². The lowest BCUT2D eigenvalue weighted by Crippen LogP contribution is -2.37. The minimum atomic E-state index is 0.332. The van der Waals surface area contributed by atoms with Crippen LogP contribution in [-0.2, 0) is 17.9 Å². The molecular formula is C23H30Cl2N2O3. The highest BCUT2D eigenvalue weighted by atomic mass is 35.5. The van der Waals surface area contributed by atoms with Crippen LogP contribution in [0.4, 0.5) is 0 Å². The average Bonchev–Trinajstić information content (AvgIpc) is 2.75. The Morgan fingerprint density at radius 1 is 1.07 bits per heavy atom. The van der Waals surface area contributed by atoms with E-state index in [1.807, 2.05) is 43.3 Å². The minimum Gasteiger partial charge on any atom is -0.490 e. The van der Waals surface area contributed by atoms with Crippen molar-refractivity contribution in [2.24, 2.45) is 0 Å². The third-order valence-corrected chi connectivity index (χ3v) is 5.61. The molecule has 0 aliphatic carbocycles. The fraction of sp³-hybridized carbons (Fsp3) is 0.478. The van der Waals surface area contributed by atoms with Gasteiger partial charge in [0.05, 0.1) is 24.8 Å². The summed E-state index contributed by atoms with van der Waals surface area (Å²) < 4.78 is 17.2. The Balaban J connectivity index is 1.53. The van der Waals surface area contributed by atoms with Crippen LogP contribution in [0, 0.1) is 0 Å². The molecule has 0 atom stereocenters. The van der Waals surface area contributed by atoms with Crippen LogP contribution in [0.15, 0.2) is 36.4 Å². The van der Waals surface area contributed by atoms with Gasteiger partial charge in [0.1, 0.15) is 6.61 Å². The Morgan fingerprint density at radius 3 is 2.63 bits per heavy atom. The van der Waals surface area contributed by atoms with E-state index < -0.39 is 0 Å². The molecule has 30 heavy (non-hydrogen) atoms. The number of ether oxygens (including phenoxy) is 3. The molecule has 0 radical (unpaired) electrons. The van der Waals surface area contributed by atoms with Crippen LogP contribution in [0.1, 0.15) is 24.5 Å². The van der Waals surface area contributed by atoms with E-state index in [0.29, 0.717) is 34.8 Å². The number of rotatable bonds is 11. The highest BCUT2D eigenvalue weighted by Crippen LogP contribution is 2.37. The van der Waals surface area contributed by atoms with Gasteiger partial charge in [-0.3, -0.25) is 4.90 Å². The van der Waals surface area contributed by atoms with Gasteiger partial charge in [-0.25, -0.2) is 0 Å². The van der Waals surface area contributed by atoms with Crippen LogP contribution < -0.4 is 14.8 Å². The fourth-order valence-corrected chi connectivity index (χ4v) is 3.86. The second-order valence-electron chi connectivity index (χ2n) is 7.20. The summed E-state index contributed by atoms with van der Waals surface area (Å²) in [6.45, 7) is 9.34. The number of hydrogen-bond donors (Lipinski definition) is 1. The number of nitrogens with one attached hydrogen (secondary N) is 1. The highest BCUT2D eigenvalue weighted by Gasteiger charge is 2.14. The van der Waals surface area contributed by atoms with Crippen LogP contribution in [0.2, 0.25) is 10.0 Å². The first kappa shape index (κ1) is 23.2. The summed E-state index contributed by atoms with van der Waals surface area (Å²) in [7, 11) is 0. The Kier molecular flexibility index (Phi) is 9.56. The van der Waals surface area contributed by atoms with Gasteiger partial charge in [0.2, 0.25) is 0 Å². The predicted octanol–water partition coefficient (Wildman–Crippen LogP) is 4.78. The molecule has 164 valence electrons. The Bertz CT molecular complexity index is 798. The third kappa shape index (κ3) is 7.03. The van der Waals surface area contributed by atoms with Gasteiger partial charge in [0, 0.05) is 30.2 Å². The molecule has 0 aromatic heterocycles. The molecule has 2 aromatic carbocycles. The largest absolute Gasteiger partial charge is 0.490 e. The van der Waals surface area contributed by atoms with Crippen molar-refractivity contribution >= 4 is 23.2 Å². The van der Waals surface area contributed by atoms with Crippen molar-refractivity contribution < 1.29 is 14.2 Å². The number of nitrogens with zero attached hydrogens (tertiary/aromatic N) is 1. The van der Waals surface area contributed by atoms with E-state index in [9.17, 15) is 0 Å². The monoisotopic (exact) mass is 452 g/mol. The van der Waals surface area contributed by atoms with Crippen molar-refractivity contribution in [2.45, 2.75) is 26.5 Å².